The summed E-state index contributed by atoms with van der Waals surface area (Å²) in [6.45, 7) is 1.41. The molecule has 2 heterocycles. The van der Waals surface area contributed by atoms with E-state index in [0.717, 1.165) is 32.3 Å². The highest BCUT2D eigenvalue weighted by Gasteiger charge is 2.22. The zero-order valence-electron chi connectivity index (χ0n) is 11.7. The van der Waals surface area contributed by atoms with Crippen molar-refractivity contribution < 1.29 is 28.8 Å². The number of carboxylic acids is 1. The molecule has 6 nitrogen and oxygen atoms in total. The first-order valence-corrected chi connectivity index (χ1v) is 7.15. The molecule has 0 aromatic heterocycles. The monoisotopic (exact) mass is 294 g/mol. The third-order valence-corrected chi connectivity index (χ3v) is 3.66. The predicted molar refractivity (Wildman–Crippen MR) is 73.2 cm³/mol. The maximum Gasteiger partial charge on any atom is 0.339 e. The largest absolute Gasteiger partial charge is 0.493 e. The Hall–Kier alpha value is -1.95. The van der Waals surface area contributed by atoms with Crippen LogP contribution < -0.4 is 14.2 Å². The van der Waals surface area contributed by atoms with E-state index in [0.29, 0.717) is 30.0 Å². The van der Waals surface area contributed by atoms with Gasteiger partial charge in [0.05, 0.1) is 12.7 Å². The van der Waals surface area contributed by atoms with Crippen LogP contribution in [0.25, 0.3) is 0 Å². The van der Waals surface area contributed by atoms with Crippen molar-refractivity contribution in [3.63, 3.8) is 0 Å². The van der Waals surface area contributed by atoms with Crippen LogP contribution in [0.4, 0.5) is 0 Å². The van der Waals surface area contributed by atoms with E-state index in [2.05, 4.69) is 0 Å². The van der Waals surface area contributed by atoms with Gasteiger partial charge in [-0.1, -0.05) is 0 Å². The summed E-state index contributed by atoms with van der Waals surface area (Å²) >= 11 is 0. The highest BCUT2D eigenvalue weighted by atomic mass is 16.7. The van der Waals surface area contributed by atoms with Crippen LogP contribution in [0.5, 0.6) is 17.2 Å². The van der Waals surface area contributed by atoms with Crippen LogP contribution in [0.1, 0.15) is 36.0 Å². The molecular weight excluding hydrogens is 276 g/mol. The average Bonchev–Trinajstić information content (AvgIpc) is 3.13. The summed E-state index contributed by atoms with van der Waals surface area (Å²) in [6.07, 6.45) is 4.32. The second-order valence-electron chi connectivity index (χ2n) is 5.13. The molecule has 0 amide bonds. The maximum atomic E-state index is 11.3. The molecule has 1 saturated heterocycles. The first kappa shape index (κ1) is 14.0. The third-order valence-electron chi connectivity index (χ3n) is 3.66. The number of carbonyl (C=O) groups is 1. The lowest BCUT2D eigenvalue weighted by molar-refractivity contribution is 0.0690. The van der Waals surface area contributed by atoms with Gasteiger partial charge in [-0.25, -0.2) is 4.79 Å². The number of aromatic carboxylic acids is 1. The Labute approximate surface area is 122 Å². The van der Waals surface area contributed by atoms with E-state index in [1.807, 2.05) is 0 Å². The Kier molecular flexibility index (Phi) is 4.15. The van der Waals surface area contributed by atoms with Gasteiger partial charge < -0.3 is 24.1 Å². The first-order chi connectivity index (χ1) is 10.2. The third kappa shape index (κ3) is 3.21. The maximum absolute atomic E-state index is 11.3. The fraction of sp³-hybridized carbons (Fsp3) is 0.533. The number of hydrogen-bond donors (Lipinski definition) is 1. The number of carboxylic acid groups (broad SMARTS) is 1. The highest BCUT2D eigenvalue weighted by Crippen LogP contribution is 2.38. The smallest absolute Gasteiger partial charge is 0.339 e. The van der Waals surface area contributed by atoms with E-state index < -0.39 is 5.97 Å². The molecule has 0 radical (unpaired) electrons. The zero-order chi connectivity index (χ0) is 14.7. The lowest BCUT2D eigenvalue weighted by Crippen LogP contribution is -2.09. The number of ether oxygens (including phenoxy) is 4. The summed E-state index contributed by atoms with van der Waals surface area (Å²) < 4.78 is 21.6. The zero-order valence-corrected chi connectivity index (χ0v) is 11.7. The molecule has 2 aliphatic heterocycles. The van der Waals surface area contributed by atoms with Gasteiger partial charge in [-0.15, -0.1) is 0 Å². The van der Waals surface area contributed by atoms with E-state index in [1.54, 1.807) is 6.07 Å². The summed E-state index contributed by atoms with van der Waals surface area (Å²) in [5.74, 6) is 0.245. The molecule has 1 aromatic rings. The molecule has 114 valence electrons. The summed E-state index contributed by atoms with van der Waals surface area (Å²) in [6, 6.07) is 3.03. The van der Waals surface area contributed by atoms with E-state index in [9.17, 15) is 9.90 Å². The topological polar surface area (TPSA) is 74.2 Å². The van der Waals surface area contributed by atoms with Crippen molar-refractivity contribution in [1.29, 1.82) is 0 Å². The van der Waals surface area contributed by atoms with Gasteiger partial charge in [0.1, 0.15) is 11.3 Å². The normalized spacial score (nSPS) is 19.7. The van der Waals surface area contributed by atoms with Crippen LogP contribution in [0.2, 0.25) is 0 Å². The highest BCUT2D eigenvalue weighted by molar-refractivity contribution is 5.92. The second-order valence-corrected chi connectivity index (χ2v) is 5.13. The summed E-state index contributed by atoms with van der Waals surface area (Å²) in [5, 5.41) is 9.23. The molecule has 0 aliphatic carbocycles. The van der Waals surface area contributed by atoms with Gasteiger partial charge in [0.25, 0.3) is 0 Å². The van der Waals surface area contributed by atoms with Gasteiger partial charge in [-0.3, -0.25) is 0 Å². The van der Waals surface area contributed by atoms with Crippen molar-refractivity contribution in [3.8, 4) is 17.2 Å². The van der Waals surface area contributed by atoms with E-state index in [1.165, 1.54) is 6.07 Å². The van der Waals surface area contributed by atoms with Crippen molar-refractivity contribution in [3.05, 3.63) is 17.7 Å². The van der Waals surface area contributed by atoms with Gasteiger partial charge >= 0.3 is 5.97 Å². The number of hydrogen-bond acceptors (Lipinski definition) is 5. The molecule has 0 bridgehead atoms. The van der Waals surface area contributed by atoms with E-state index in [4.69, 9.17) is 18.9 Å². The molecule has 1 fully saturated rings. The number of benzene rings is 1. The molecular formula is C15H18O6. The Balaban J connectivity index is 1.59. The van der Waals surface area contributed by atoms with Crippen molar-refractivity contribution in [2.45, 2.75) is 31.8 Å². The van der Waals surface area contributed by atoms with Crippen molar-refractivity contribution in [2.24, 2.45) is 0 Å². The lowest BCUT2D eigenvalue weighted by atomic mass is 10.1. The SMILES string of the molecule is O=C(O)c1cc2c(cc1OCCCC1CCCO1)OCO2. The number of fused-ring (bicyclic) bond motifs is 1. The Morgan fingerprint density at radius 3 is 2.86 bits per heavy atom. The van der Waals surface area contributed by atoms with Crippen LogP contribution >= 0.6 is 0 Å². The fourth-order valence-electron chi connectivity index (χ4n) is 2.58. The standard InChI is InChI=1S/C15H18O6/c16-15(17)11-7-13-14(21-9-20-13)8-12(11)19-6-2-4-10-3-1-5-18-10/h7-8,10H,1-6,9H2,(H,16,17). The van der Waals surface area contributed by atoms with E-state index >= 15 is 0 Å². The quantitative estimate of drug-likeness (QED) is 0.812. The molecule has 6 heteroatoms. The molecule has 21 heavy (non-hydrogen) atoms. The van der Waals surface area contributed by atoms with Gasteiger partial charge in [0.2, 0.25) is 6.79 Å². The molecule has 1 aromatic carbocycles. The van der Waals surface area contributed by atoms with Crippen LogP contribution in [-0.2, 0) is 4.74 Å². The van der Waals surface area contributed by atoms with Gasteiger partial charge in [0, 0.05) is 18.7 Å². The Morgan fingerprint density at radius 2 is 2.14 bits per heavy atom. The van der Waals surface area contributed by atoms with E-state index in [-0.39, 0.29) is 12.4 Å². The molecule has 2 aliphatic rings. The minimum Gasteiger partial charge on any atom is -0.493 e. The van der Waals surface area contributed by atoms with Crippen molar-refractivity contribution >= 4 is 5.97 Å². The molecule has 1 atom stereocenters. The average molecular weight is 294 g/mol. The first-order valence-electron chi connectivity index (χ1n) is 7.15. The predicted octanol–water partition coefficient (Wildman–Crippen LogP) is 2.45. The van der Waals surface area contributed by atoms with Gasteiger partial charge in [0.15, 0.2) is 11.5 Å². The van der Waals surface area contributed by atoms with Crippen molar-refractivity contribution in [2.75, 3.05) is 20.0 Å². The van der Waals surface area contributed by atoms with Crippen molar-refractivity contribution in [1.82, 2.24) is 0 Å². The summed E-state index contributed by atoms with van der Waals surface area (Å²) in [4.78, 5) is 11.3. The molecule has 1 unspecified atom stereocenters. The van der Waals surface area contributed by atoms with Gasteiger partial charge in [-0.05, 0) is 25.7 Å². The molecule has 0 spiro atoms. The van der Waals surface area contributed by atoms with Crippen LogP contribution in [0, 0.1) is 0 Å². The second kappa shape index (κ2) is 6.22. The van der Waals surface area contributed by atoms with Crippen LogP contribution in [0.3, 0.4) is 0 Å². The fourth-order valence-corrected chi connectivity index (χ4v) is 2.58. The minimum atomic E-state index is -1.04. The molecule has 1 N–H and O–H groups in total. The minimum absolute atomic E-state index is 0.0939. The summed E-state index contributed by atoms with van der Waals surface area (Å²) in [5.41, 5.74) is 0.0939. The van der Waals surface area contributed by atoms with Gasteiger partial charge in [-0.2, -0.15) is 0 Å². The lowest BCUT2D eigenvalue weighted by Gasteiger charge is -2.12. The van der Waals surface area contributed by atoms with Crippen LogP contribution in [-0.4, -0.2) is 37.2 Å². The molecule has 0 saturated carbocycles. The Morgan fingerprint density at radius 1 is 1.33 bits per heavy atom. The van der Waals surface area contributed by atoms with Crippen LogP contribution in [0.15, 0.2) is 12.1 Å². The summed E-state index contributed by atoms with van der Waals surface area (Å²) in [7, 11) is 0. The molecule has 3 rings (SSSR count). The Bertz CT molecular complexity index is 521. The number of rotatable bonds is 6.